The van der Waals surface area contributed by atoms with Gasteiger partial charge >= 0.3 is 0 Å². The highest BCUT2D eigenvalue weighted by atomic mass is 35.5. The molecule has 1 heterocycles. The standard InChI is InChI=1S/C17H26N2O3.ClH/c1-12(2)22-15-6-5-13(11-16(15)21-4)17(20)19(3)14-7-9-18-10-8-14;/h5-6,11-12,14,18H,7-10H2,1-4H3;1H. The van der Waals surface area contributed by atoms with Gasteiger partial charge in [0.25, 0.3) is 5.91 Å². The fourth-order valence-electron chi connectivity index (χ4n) is 2.72. The summed E-state index contributed by atoms with van der Waals surface area (Å²) < 4.78 is 11.0. The third kappa shape index (κ3) is 5.01. The van der Waals surface area contributed by atoms with E-state index in [1.165, 1.54) is 0 Å². The molecule has 0 aliphatic carbocycles. The van der Waals surface area contributed by atoms with Gasteiger partial charge in [-0.3, -0.25) is 4.79 Å². The Balaban J connectivity index is 0.00000264. The maximum Gasteiger partial charge on any atom is 0.253 e. The number of nitrogens with one attached hydrogen (secondary N) is 1. The highest BCUT2D eigenvalue weighted by Crippen LogP contribution is 2.29. The van der Waals surface area contributed by atoms with Gasteiger partial charge in [0.1, 0.15) is 0 Å². The molecule has 2 rings (SSSR count). The normalized spacial score (nSPS) is 15.0. The van der Waals surface area contributed by atoms with Crippen LogP contribution in [0.1, 0.15) is 37.0 Å². The van der Waals surface area contributed by atoms with Crippen molar-refractivity contribution in [2.24, 2.45) is 0 Å². The first-order valence-electron chi connectivity index (χ1n) is 7.85. The Morgan fingerprint density at radius 3 is 2.48 bits per heavy atom. The van der Waals surface area contributed by atoms with Crippen molar-refractivity contribution in [3.05, 3.63) is 23.8 Å². The molecule has 5 nitrogen and oxygen atoms in total. The first-order chi connectivity index (χ1) is 10.5. The molecular weight excluding hydrogens is 316 g/mol. The zero-order valence-corrected chi connectivity index (χ0v) is 15.1. The number of amides is 1. The van der Waals surface area contributed by atoms with Crippen LogP contribution >= 0.6 is 12.4 Å². The fraction of sp³-hybridized carbons (Fsp3) is 0.588. The second kappa shape index (κ2) is 8.99. The Morgan fingerprint density at radius 2 is 1.91 bits per heavy atom. The molecule has 23 heavy (non-hydrogen) atoms. The minimum Gasteiger partial charge on any atom is -0.493 e. The predicted molar refractivity (Wildman–Crippen MR) is 94.0 cm³/mol. The van der Waals surface area contributed by atoms with Gasteiger partial charge in [-0.2, -0.15) is 0 Å². The predicted octanol–water partition coefficient (Wildman–Crippen LogP) is 2.73. The molecule has 0 unspecified atom stereocenters. The molecule has 1 N–H and O–H groups in total. The number of hydrogen-bond acceptors (Lipinski definition) is 4. The summed E-state index contributed by atoms with van der Waals surface area (Å²) in [6.07, 6.45) is 2.05. The van der Waals surface area contributed by atoms with E-state index in [9.17, 15) is 4.79 Å². The van der Waals surface area contributed by atoms with Gasteiger partial charge in [0.15, 0.2) is 11.5 Å². The van der Waals surface area contributed by atoms with Crippen molar-refractivity contribution in [1.29, 1.82) is 0 Å². The lowest BCUT2D eigenvalue weighted by atomic mass is 10.0. The number of benzene rings is 1. The zero-order valence-electron chi connectivity index (χ0n) is 14.3. The summed E-state index contributed by atoms with van der Waals surface area (Å²) >= 11 is 0. The van der Waals surface area contributed by atoms with Crippen molar-refractivity contribution in [2.75, 3.05) is 27.2 Å². The van der Waals surface area contributed by atoms with Crippen LogP contribution in [0.3, 0.4) is 0 Å². The van der Waals surface area contributed by atoms with Crippen LogP contribution in [0.25, 0.3) is 0 Å². The van der Waals surface area contributed by atoms with Crippen LogP contribution in [0, 0.1) is 0 Å². The first-order valence-corrected chi connectivity index (χ1v) is 7.85. The monoisotopic (exact) mass is 342 g/mol. The van der Waals surface area contributed by atoms with Crippen molar-refractivity contribution in [3.8, 4) is 11.5 Å². The number of carbonyl (C=O) groups is 1. The summed E-state index contributed by atoms with van der Waals surface area (Å²) in [4.78, 5) is 14.5. The molecule has 0 saturated carbocycles. The van der Waals surface area contributed by atoms with E-state index in [-0.39, 0.29) is 24.4 Å². The minimum absolute atomic E-state index is 0. The number of hydrogen-bond donors (Lipinski definition) is 1. The lowest BCUT2D eigenvalue weighted by molar-refractivity contribution is 0.0703. The molecule has 0 aromatic heterocycles. The maximum atomic E-state index is 12.7. The van der Waals surface area contributed by atoms with Crippen LogP contribution in [0.5, 0.6) is 11.5 Å². The molecule has 1 aromatic carbocycles. The summed E-state index contributed by atoms with van der Waals surface area (Å²) in [6, 6.07) is 5.67. The summed E-state index contributed by atoms with van der Waals surface area (Å²) in [5, 5.41) is 3.32. The molecule has 1 fully saturated rings. The molecule has 1 aliphatic rings. The lowest BCUT2D eigenvalue weighted by Crippen LogP contribution is -2.43. The van der Waals surface area contributed by atoms with Crippen molar-refractivity contribution >= 4 is 18.3 Å². The van der Waals surface area contributed by atoms with Crippen LogP contribution in [-0.2, 0) is 0 Å². The van der Waals surface area contributed by atoms with E-state index < -0.39 is 0 Å². The maximum absolute atomic E-state index is 12.7. The Kier molecular flexibility index (Phi) is 7.65. The number of methoxy groups -OCH3 is 1. The average molecular weight is 343 g/mol. The second-order valence-corrected chi connectivity index (χ2v) is 5.93. The van der Waals surface area contributed by atoms with Crippen LogP contribution < -0.4 is 14.8 Å². The van der Waals surface area contributed by atoms with Crippen molar-refractivity contribution in [3.63, 3.8) is 0 Å². The average Bonchev–Trinajstić information content (AvgIpc) is 2.54. The third-order valence-corrected chi connectivity index (χ3v) is 3.95. The molecule has 1 aromatic rings. The van der Waals surface area contributed by atoms with Gasteiger partial charge in [-0.05, 0) is 58.0 Å². The zero-order chi connectivity index (χ0) is 16.1. The molecule has 0 radical (unpaired) electrons. The van der Waals surface area contributed by atoms with Crippen LogP contribution in [0.2, 0.25) is 0 Å². The van der Waals surface area contributed by atoms with E-state index in [1.807, 2.05) is 31.9 Å². The Labute approximate surface area is 144 Å². The van der Waals surface area contributed by atoms with Gasteiger partial charge in [-0.25, -0.2) is 0 Å². The van der Waals surface area contributed by atoms with E-state index >= 15 is 0 Å². The minimum atomic E-state index is 0. The van der Waals surface area contributed by atoms with Gasteiger partial charge in [0.05, 0.1) is 13.2 Å². The Hall–Kier alpha value is -1.46. The van der Waals surface area contributed by atoms with E-state index in [2.05, 4.69) is 5.32 Å². The summed E-state index contributed by atoms with van der Waals surface area (Å²) in [6.45, 7) is 5.85. The van der Waals surface area contributed by atoms with Crippen molar-refractivity contribution < 1.29 is 14.3 Å². The second-order valence-electron chi connectivity index (χ2n) is 5.93. The largest absolute Gasteiger partial charge is 0.493 e. The smallest absolute Gasteiger partial charge is 0.253 e. The molecule has 1 amide bonds. The van der Waals surface area contributed by atoms with E-state index in [1.54, 1.807) is 19.2 Å². The van der Waals surface area contributed by atoms with Crippen molar-refractivity contribution in [1.82, 2.24) is 10.2 Å². The molecule has 130 valence electrons. The number of rotatable bonds is 5. The van der Waals surface area contributed by atoms with Crippen LogP contribution in [0.15, 0.2) is 18.2 Å². The summed E-state index contributed by atoms with van der Waals surface area (Å²) in [5.74, 6) is 1.29. The number of nitrogens with zero attached hydrogens (tertiary/aromatic N) is 1. The van der Waals surface area contributed by atoms with Gasteiger partial charge in [-0.1, -0.05) is 0 Å². The highest BCUT2D eigenvalue weighted by molar-refractivity contribution is 5.95. The highest BCUT2D eigenvalue weighted by Gasteiger charge is 2.23. The molecular formula is C17H27ClN2O3. The summed E-state index contributed by atoms with van der Waals surface area (Å²) in [5.41, 5.74) is 0.633. The molecule has 6 heteroatoms. The van der Waals surface area contributed by atoms with Crippen molar-refractivity contribution in [2.45, 2.75) is 38.8 Å². The number of piperidine rings is 1. The molecule has 0 spiro atoms. The molecule has 0 bridgehead atoms. The van der Waals surface area contributed by atoms with Crippen LogP contribution in [-0.4, -0.2) is 50.2 Å². The third-order valence-electron chi connectivity index (χ3n) is 3.95. The molecule has 0 atom stereocenters. The van der Waals surface area contributed by atoms with Gasteiger partial charge in [-0.15, -0.1) is 12.4 Å². The Bertz CT molecular complexity index is 517. The SMILES string of the molecule is COc1cc(C(=O)N(C)C2CCNCC2)ccc1OC(C)C.Cl. The molecule has 1 saturated heterocycles. The van der Waals surface area contributed by atoms with E-state index in [0.29, 0.717) is 23.1 Å². The van der Waals surface area contributed by atoms with E-state index in [0.717, 1.165) is 25.9 Å². The fourth-order valence-corrected chi connectivity index (χ4v) is 2.72. The first kappa shape index (κ1) is 19.6. The number of ether oxygens (including phenoxy) is 2. The Morgan fingerprint density at radius 1 is 1.26 bits per heavy atom. The number of carbonyl (C=O) groups excluding carboxylic acids is 1. The molecule has 1 aliphatic heterocycles. The summed E-state index contributed by atoms with van der Waals surface area (Å²) in [7, 11) is 3.47. The van der Waals surface area contributed by atoms with Gasteiger partial charge in [0.2, 0.25) is 0 Å². The topological polar surface area (TPSA) is 50.8 Å². The van der Waals surface area contributed by atoms with Gasteiger partial charge in [0, 0.05) is 18.7 Å². The van der Waals surface area contributed by atoms with E-state index in [4.69, 9.17) is 9.47 Å². The quantitative estimate of drug-likeness (QED) is 0.894. The lowest BCUT2D eigenvalue weighted by Gasteiger charge is -2.31. The number of halogens is 1. The van der Waals surface area contributed by atoms with Crippen LogP contribution in [0.4, 0.5) is 0 Å². The van der Waals surface area contributed by atoms with Gasteiger partial charge < -0.3 is 19.7 Å².